The van der Waals surface area contributed by atoms with E-state index in [1.54, 1.807) is 13.1 Å². The Morgan fingerprint density at radius 2 is 2.18 bits per heavy atom. The van der Waals surface area contributed by atoms with Crippen LogP contribution in [-0.4, -0.2) is 12.0 Å². The standard InChI is InChI=1S/C13H14BrFN2/c1-3-4-8-7-11(16-2)12-10(15)6-5-9(14)13(12)17-8/h5-7H,3-4H2,1-2H3,(H,16,17). The van der Waals surface area contributed by atoms with Crippen LogP contribution in [0.3, 0.4) is 0 Å². The maximum Gasteiger partial charge on any atom is 0.134 e. The molecule has 4 heteroatoms. The summed E-state index contributed by atoms with van der Waals surface area (Å²) in [6.45, 7) is 2.10. The Bertz CT molecular complexity index is 555. The second-order valence-electron chi connectivity index (χ2n) is 3.91. The summed E-state index contributed by atoms with van der Waals surface area (Å²) in [5.74, 6) is -0.247. The minimum atomic E-state index is -0.247. The zero-order valence-corrected chi connectivity index (χ0v) is 11.4. The molecule has 0 aliphatic rings. The van der Waals surface area contributed by atoms with Gasteiger partial charge < -0.3 is 5.32 Å². The Kier molecular flexibility index (Phi) is 3.62. The molecule has 90 valence electrons. The van der Waals surface area contributed by atoms with Crippen molar-refractivity contribution < 1.29 is 4.39 Å². The molecule has 0 spiro atoms. The highest BCUT2D eigenvalue weighted by Crippen LogP contribution is 2.31. The van der Waals surface area contributed by atoms with Gasteiger partial charge in [-0.25, -0.2) is 4.39 Å². The Morgan fingerprint density at radius 3 is 2.82 bits per heavy atom. The van der Waals surface area contributed by atoms with Crippen LogP contribution in [0, 0.1) is 5.82 Å². The van der Waals surface area contributed by atoms with E-state index in [0.29, 0.717) is 10.9 Å². The number of halogens is 2. The number of anilines is 1. The van der Waals surface area contributed by atoms with Gasteiger partial charge in [0.25, 0.3) is 0 Å². The number of nitrogens with one attached hydrogen (secondary N) is 1. The molecular weight excluding hydrogens is 283 g/mol. The van der Waals surface area contributed by atoms with Crippen molar-refractivity contribution in [2.45, 2.75) is 19.8 Å². The summed E-state index contributed by atoms with van der Waals surface area (Å²) < 4.78 is 14.7. The van der Waals surface area contributed by atoms with Crippen molar-refractivity contribution >= 4 is 32.5 Å². The molecule has 17 heavy (non-hydrogen) atoms. The van der Waals surface area contributed by atoms with Crippen molar-refractivity contribution in [3.8, 4) is 0 Å². The van der Waals surface area contributed by atoms with E-state index in [4.69, 9.17) is 0 Å². The molecule has 0 radical (unpaired) electrons. The molecule has 1 heterocycles. The summed E-state index contributed by atoms with van der Waals surface area (Å²) in [4.78, 5) is 4.51. The number of hydrogen-bond acceptors (Lipinski definition) is 2. The molecule has 0 saturated carbocycles. The average Bonchev–Trinajstić information content (AvgIpc) is 2.33. The summed E-state index contributed by atoms with van der Waals surface area (Å²) >= 11 is 3.42. The Balaban J connectivity index is 2.77. The summed E-state index contributed by atoms with van der Waals surface area (Å²) in [6.07, 6.45) is 1.92. The summed E-state index contributed by atoms with van der Waals surface area (Å²) in [6, 6.07) is 5.07. The quantitative estimate of drug-likeness (QED) is 0.921. The lowest BCUT2D eigenvalue weighted by Gasteiger charge is -2.10. The minimum Gasteiger partial charge on any atom is -0.387 e. The van der Waals surface area contributed by atoms with Crippen LogP contribution in [0.15, 0.2) is 22.7 Å². The van der Waals surface area contributed by atoms with Gasteiger partial charge >= 0.3 is 0 Å². The lowest BCUT2D eigenvalue weighted by atomic mass is 10.1. The molecule has 1 aromatic carbocycles. The van der Waals surface area contributed by atoms with Crippen LogP contribution in [0.25, 0.3) is 10.9 Å². The van der Waals surface area contributed by atoms with Gasteiger partial charge in [-0.3, -0.25) is 4.98 Å². The number of nitrogens with zero attached hydrogens (tertiary/aromatic N) is 1. The van der Waals surface area contributed by atoms with Crippen molar-refractivity contribution in [1.29, 1.82) is 0 Å². The fourth-order valence-electron chi connectivity index (χ4n) is 1.90. The van der Waals surface area contributed by atoms with Crippen LogP contribution in [0.5, 0.6) is 0 Å². The first-order valence-corrected chi connectivity index (χ1v) is 6.42. The number of hydrogen-bond donors (Lipinski definition) is 1. The van der Waals surface area contributed by atoms with Crippen LogP contribution < -0.4 is 5.32 Å². The summed E-state index contributed by atoms with van der Waals surface area (Å²) in [5, 5.41) is 3.58. The normalized spacial score (nSPS) is 10.8. The van der Waals surface area contributed by atoms with Gasteiger partial charge in [0.05, 0.1) is 10.9 Å². The van der Waals surface area contributed by atoms with Gasteiger partial charge in [-0.1, -0.05) is 13.3 Å². The molecule has 2 rings (SSSR count). The van der Waals surface area contributed by atoms with Gasteiger partial charge in [-0.15, -0.1) is 0 Å². The SMILES string of the molecule is CCCc1cc(NC)c2c(F)ccc(Br)c2n1. The predicted molar refractivity (Wildman–Crippen MR) is 72.9 cm³/mol. The van der Waals surface area contributed by atoms with Crippen LogP contribution in [0.1, 0.15) is 19.0 Å². The Labute approximate surface area is 108 Å². The number of rotatable bonds is 3. The van der Waals surface area contributed by atoms with Crippen molar-refractivity contribution in [3.63, 3.8) is 0 Å². The largest absolute Gasteiger partial charge is 0.387 e. The molecule has 2 nitrogen and oxygen atoms in total. The second-order valence-corrected chi connectivity index (χ2v) is 4.77. The van der Waals surface area contributed by atoms with E-state index in [0.717, 1.165) is 28.7 Å². The maximum atomic E-state index is 13.8. The Morgan fingerprint density at radius 1 is 1.41 bits per heavy atom. The lowest BCUT2D eigenvalue weighted by Crippen LogP contribution is -1.98. The van der Waals surface area contributed by atoms with E-state index in [1.165, 1.54) is 6.07 Å². The number of benzene rings is 1. The Hall–Kier alpha value is -1.16. The number of pyridine rings is 1. The molecule has 0 amide bonds. The average molecular weight is 297 g/mol. The van der Waals surface area contributed by atoms with Gasteiger partial charge in [0.2, 0.25) is 0 Å². The fourth-order valence-corrected chi connectivity index (χ4v) is 2.32. The fraction of sp³-hybridized carbons (Fsp3) is 0.308. The van der Waals surface area contributed by atoms with Crippen LogP contribution in [-0.2, 0) is 6.42 Å². The molecular formula is C13H14BrFN2. The third-order valence-electron chi connectivity index (χ3n) is 2.69. The third-order valence-corrected chi connectivity index (χ3v) is 3.33. The topological polar surface area (TPSA) is 24.9 Å². The van der Waals surface area contributed by atoms with Gasteiger partial charge in [-0.2, -0.15) is 0 Å². The van der Waals surface area contributed by atoms with Crippen molar-refractivity contribution in [1.82, 2.24) is 4.98 Å². The molecule has 1 N–H and O–H groups in total. The van der Waals surface area contributed by atoms with Crippen molar-refractivity contribution in [2.24, 2.45) is 0 Å². The minimum absolute atomic E-state index is 0.247. The zero-order valence-electron chi connectivity index (χ0n) is 9.85. The lowest BCUT2D eigenvalue weighted by molar-refractivity contribution is 0.639. The number of fused-ring (bicyclic) bond motifs is 1. The molecule has 0 bridgehead atoms. The first kappa shape index (κ1) is 12.3. The summed E-state index contributed by atoms with van der Waals surface area (Å²) in [7, 11) is 1.80. The van der Waals surface area contributed by atoms with Crippen LogP contribution in [0.4, 0.5) is 10.1 Å². The van der Waals surface area contributed by atoms with E-state index >= 15 is 0 Å². The van der Waals surface area contributed by atoms with Gasteiger partial charge in [0.1, 0.15) is 5.82 Å². The highest BCUT2D eigenvalue weighted by molar-refractivity contribution is 9.10. The summed E-state index contributed by atoms with van der Waals surface area (Å²) in [5.41, 5.74) is 2.45. The van der Waals surface area contributed by atoms with Gasteiger partial charge in [0.15, 0.2) is 0 Å². The molecule has 0 atom stereocenters. The predicted octanol–water partition coefficient (Wildman–Crippen LogP) is 4.13. The molecule has 2 aromatic rings. The van der Waals surface area contributed by atoms with Crippen molar-refractivity contribution in [2.75, 3.05) is 12.4 Å². The second kappa shape index (κ2) is 5.00. The van der Waals surface area contributed by atoms with Crippen LogP contribution in [0.2, 0.25) is 0 Å². The molecule has 0 aliphatic heterocycles. The molecule has 0 saturated heterocycles. The van der Waals surface area contributed by atoms with E-state index in [1.807, 2.05) is 6.07 Å². The smallest absolute Gasteiger partial charge is 0.134 e. The van der Waals surface area contributed by atoms with Crippen LogP contribution >= 0.6 is 15.9 Å². The molecule has 0 fully saturated rings. The molecule has 0 unspecified atom stereocenters. The first-order chi connectivity index (χ1) is 8.17. The van der Waals surface area contributed by atoms with E-state index in [9.17, 15) is 4.39 Å². The third kappa shape index (κ3) is 2.27. The van der Waals surface area contributed by atoms with Gasteiger partial charge in [0, 0.05) is 22.9 Å². The zero-order chi connectivity index (χ0) is 12.4. The number of aromatic nitrogens is 1. The van der Waals surface area contributed by atoms with Gasteiger partial charge in [-0.05, 0) is 40.5 Å². The maximum absolute atomic E-state index is 13.8. The first-order valence-electron chi connectivity index (χ1n) is 5.62. The van der Waals surface area contributed by atoms with Crippen molar-refractivity contribution in [3.05, 3.63) is 34.2 Å². The highest BCUT2D eigenvalue weighted by atomic mass is 79.9. The molecule has 1 aromatic heterocycles. The van der Waals surface area contributed by atoms with E-state index in [2.05, 4.69) is 33.2 Å². The van der Waals surface area contributed by atoms with E-state index in [-0.39, 0.29) is 5.82 Å². The number of aryl methyl sites for hydroxylation is 1. The van der Waals surface area contributed by atoms with E-state index < -0.39 is 0 Å². The monoisotopic (exact) mass is 296 g/mol. The molecule has 0 aliphatic carbocycles. The highest BCUT2D eigenvalue weighted by Gasteiger charge is 2.11.